The van der Waals surface area contributed by atoms with E-state index < -0.39 is 15.8 Å². The molecule has 0 radical (unpaired) electrons. The van der Waals surface area contributed by atoms with Crippen LogP contribution in [0.5, 0.6) is 0 Å². The second-order valence-electron chi connectivity index (χ2n) is 7.39. The van der Waals surface area contributed by atoms with Gasteiger partial charge in [-0.1, -0.05) is 24.6 Å². The zero-order valence-corrected chi connectivity index (χ0v) is 17.0. The molecule has 0 spiro atoms. The molecule has 0 saturated carbocycles. The maximum atomic E-state index is 13.3. The average Bonchev–Trinajstić information content (AvgIpc) is 2.67. The molecule has 7 heteroatoms. The van der Waals surface area contributed by atoms with Crippen LogP contribution in [-0.2, 0) is 14.8 Å². The predicted molar refractivity (Wildman–Crippen MR) is 107 cm³/mol. The number of hydrogen-bond donors (Lipinski definition) is 0. The Hall–Kier alpha value is -2.41. The minimum atomic E-state index is -4.01. The summed E-state index contributed by atoms with van der Waals surface area (Å²) >= 11 is 0. The first-order valence-electron chi connectivity index (χ1n) is 9.40. The number of nitrogens with zero attached hydrogens (tertiary/aromatic N) is 2. The molecule has 1 heterocycles. The average molecular weight is 405 g/mol. The quantitative estimate of drug-likeness (QED) is 0.765. The van der Waals surface area contributed by atoms with Crippen LogP contribution >= 0.6 is 0 Å². The molecule has 5 nitrogen and oxygen atoms in total. The van der Waals surface area contributed by atoms with Gasteiger partial charge in [-0.15, -0.1) is 0 Å². The molecule has 150 valence electrons. The molecule has 1 amide bonds. The van der Waals surface area contributed by atoms with Gasteiger partial charge in [-0.05, 0) is 62.1 Å². The molecule has 0 aliphatic carbocycles. The number of hydrogen-bond acceptors (Lipinski definition) is 3. The van der Waals surface area contributed by atoms with Crippen LogP contribution in [0.15, 0.2) is 53.4 Å². The fourth-order valence-corrected chi connectivity index (χ4v) is 4.81. The molecule has 1 saturated heterocycles. The first-order valence-corrected chi connectivity index (χ1v) is 10.8. The number of halogens is 1. The molecule has 28 heavy (non-hydrogen) atoms. The normalized spacial score (nSPS) is 17.4. The Bertz CT molecular complexity index is 927. The highest BCUT2D eigenvalue weighted by Gasteiger charge is 2.30. The molecular formula is C21H25FN2O3S. The Balaban J connectivity index is 1.94. The van der Waals surface area contributed by atoms with E-state index in [1.807, 2.05) is 6.92 Å². The summed E-state index contributed by atoms with van der Waals surface area (Å²) in [6.07, 6.45) is 1.99. The van der Waals surface area contributed by atoms with Gasteiger partial charge in [0.25, 0.3) is 10.0 Å². The zero-order chi connectivity index (χ0) is 20.3. The summed E-state index contributed by atoms with van der Waals surface area (Å²) in [6, 6.07) is 11.6. The van der Waals surface area contributed by atoms with E-state index in [4.69, 9.17) is 0 Å². The third-order valence-electron chi connectivity index (χ3n) is 5.01. The summed E-state index contributed by atoms with van der Waals surface area (Å²) in [5.74, 6) is -0.337. The summed E-state index contributed by atoms with van der Waals surface area (Å²) in [4.78, 5) is 14.6. The lowest BCUT2D eigenvalue weighted by atomic mass is 10.0. The van der Waals surface area contributed by atoms with Gasteiger partial charge in [-0.2, -0.15) is 0 Å². The van der Waals surface area contributed by atoms with Gasteiger partial charge in [0.2, 0.25) is 5.91 Å². The van der Waals surface area contributed by atoms with Crippen LogP contribution in [0, 0.1) is 18.7 Å². The van der Waals surface area contributed by atoms with Crippen LogP contribution < -0.4 is 4.31 Å². The molecule has 0 bridgehead atoms. The van der Waals surface area contributed by atoms with Gasteiger partial charge in [0, 0.05) is 13.1 Å². The van der Waals surface area contributed by atoms with E-state index in [1.54, 1.807) is 29.2 Å². The Labute approximate surface area is 165 Å². The van der Waals surface area contributed by atoms with Crippen molar-refractivity contribution in [2.24, 2.45) is 5.92 Å². The number of likely N-dealkylation sites (tertiary alicyclic amines) is 1. The highest BCUT2D eigenvalue weighted by Crippen LogP contribution is 2.25. The van der Waals surface area contributed by atoms with Crippen LogP contribution in [0.2, 0.25) is 0 Å². The van der Waals surface area contributed by atoms with Crippen molar-refractivity contribution in [1.82, 2.24) is 4.90 Å². The van der Waals surface area contributed by atoms with Gasteiger partial charge < -0.3 is 4.90 Å². The lowest BCUT2D eigenvalue weighted by Crippen LogP contribution is -2.46. The Morgan fingerprint density at radius 2 is 1.79 bits per heavy atom. The van der Waals surface area contributed by atoms with Crippen LogP contribution in [-0.4, -0.2) is 38.9 Å². The predicted octanol–water partition coefficient (Wildman–Crippen LogP) is 3.59. The lowest BCUT2D eigenvalue weighted by molar-refractivity contribution is -0.131. The molecule has 1 aliphatic heterocycles. The summed E-state index contributed by atoms with van der Waals surface area (Å²) in [7, 11) is -4.01. The molecule has 0 unspecified atom stereocenters. The zero-order valence-electron chi connectivity index (χ0n) is 16.1. The van der Waals surface area contributed by atoms with Gasteiger partial charge >= 0.3 is 0 Å². The number of carbonyl (C=O) groups is 1. The largest absolute Gasteiger partial charge is 0.341 e. The number of piperidine rings is 1. The molecular weight excluding hydrogens is 379 g/mol. The van der Waals surface area contributed by atoms with Crippen molar-refractivity contribution in [2.45, 2.75) is 31.6 Å². The molecule has 3 rings (SSSR count). The molecule has 1 fully saturated rings. The van der Waals surface area contributed by atoms with E-state index >= 15 is 0 Å². The molecule has 1 atom stereocenters. The summed E-state index contributed by atoms with van der Waals surface area (Å²) in [5, 5.41) is 0. The second kappa shape index (κ2) is 8.31. The SMILES string of the molecule is Cc1ccc(N(CC(=O)N2CCC[C@@H](C)C2)S(=O)(=O)c2ccc(F)cc2)cc1. The molecule has 1 aliphatic rings. The van der Waals surface area contributed by atoms with Crippen molar-refractivity contribution in [3.05, 3.63) is 59.9 Å². The number of benzene rings is 2. The number of sulfonamides is 1. The van der Waals surface area contributed by atoms with Gasteiger partial charge in [0.05, 0.1) is 10.6 Å². The maximum absolute atomic E-state index is 13.3. The monoisotopic (exact) mass is 404 g/mol. The molecule has 2 aromatic rings. The number of carbonyl (C=O) groups excluding carboxylic acids is 1. The highest BCUT2D eigenvalue weighted by atomic mass is 32.2. The molecule has 0 N–H and O–H groups in total. The third kappa shape index (κ3) is 4.52. The molecule has 2 aromatic carbocycles. The van der Waals surface area contributed by atoms with Crippen LogP contribution in [0.4, 0.5) is 10.1 Å². The molecule has 0 aromatic heterocycles. The van der Waals surface area contributed by atoms with Gasteiger partial charge in [0.1, 0.15) is 12.4 Å². The van der Waals surface area contributed by atoms with Gasteiger partial charge in [-0.25, -0.2) is 12.8 Å². The fraction of sp³-hybridized carbons (Fsp3) is 0.381. The van der Waals surface area contributed by atoms with E-state index in [-0.39, 0.29) is 17.3 Å². The minimum Gasteiger partial charge on any atom is -0.341 e. The van der Waals surface area contributed by atoms with E-state index in [0.29, 0.717) is 24.7 Å². The number of amides is 1. The number of aryl methyl sites for hydroxylation is 1. The summed E-state index contributed by atoms with van der Waals surface area (Å²) in [5.41, 5.74) is 1.40. The van der Waals surface area contributed by atoms with Crippen LogP contribution in [0.25, 0.3) is 0 Å². The van der Waals surface area contributed by atoms with E-state index in [2.05, 4.69) is 6.92 Å². The van der Waals surface area contributed by atoms with Crippen LogP contribution in [0.1, 0.15) is 25.3 Å². The smallest absolute Gasteiger partial charge is 0.264 e. The topological polar surface area (TPSA) is 57.7 Å². The standard InChI is InChI=1S/C21H25FN2O3S/c1-16-5-9-19(10-6-16)24(15-21(25)23-13-3-4-17(2)14-23)28(26,27)20-11-7-18(22)8-12-20/h5-12,17H,3-4,13-15H2,1-2H3/t17-/m1/s1. The van der Waals surface area contributed by atoms with E-state index in [0.717, 1.165) is 34.8 Å². The third-order valence-corrected chi connectivity index (χ3v) is 6.80. The van der Waals surface area contributed by atoms with E-state index in [1.165, 1.54) is 12.1 Å². The van der Waals surface area contributed by atoms with Gasteiger partial charge in [-0.3, -0.25) is 9.10 Å². The van der Waals surface area contributed by atoms with Crippen molar-refractivity contribution < 1.29 is 17.6 Å². The number of anilines is 1. The summed E-state index contributed by atoms with van der Waals surface area (Å²) < 4.78 is 40.9. The Morgan fingerprint density at radius 1 is 1.14 bits per heavy atom. The van der Waals surface area contributed by atoms with Crippen molar-refractivity contribution in [3.63, 3.8) is 0 Å². The van der Waals surface area contributed by atoms with E-state index in [9.17, 15) is 17.6 Å². The second-order valence-corrected chi connectivity index (χ2v) is 9.25. The van der Waals surface area contributed by atoms with Crippen molar-refractivity contribution in [2.75, 3.05) is 23.9 Å². The van der Waals surface area contributed by atoms with Crippen LogP contribution in [0.3, 0.4) is 0 Å². The van der Waals surface area contributed by atoms with Gasteiger partial charge in [0.15, 0.2) is 0 Å². The van der Waals surface area contributed by atoms with Crippen molar-refractivity contribution in [1.29, 1.82) is 0 Å². The Kier molecular flexibility index (Phi) is 6.03. The number of rotatable bonds is 5. The highest BCUT2D eigenvalue weighted by molar-refractivity contribution is 7.92. The fourth-order valence-electron chi connectivity index (χ4n) is 3.40. The maximum Gasteiger partial charge on any atom is 0.264 e. The first-order chi connectivity index (χ1) is 13.3. The Morgan fingerprint density at radius 3 is 2.39 bits per heavy atom. The minimum absolute atomic E-state index is 0.0470. The van der Waals surface area contributed by atoms with Crippen molar-refractivity contribution >= 4 is 21.6 Å². The van der Waals surface area contributed by atoms with Crippen molar-refractivity contribution in [3.8, 4) is 0 Å². The first kappa shape index (κ1) is 20.3. The summed E-state index contributed by atoms with van der Waals surface area (Å²) in [6.45, 7) is 4.99. The lowest BCUT2D eigenvalue weighted by Gasteiger charge is -2.33.